The molecule has 0 unspecified atom stereocenters. The van der Waals surface area contributed by atoms with Crippen LogP contribution in [0.4, 0.5) is 0 Å². The molecule has 0 aliphatic carbocycles. The van der Waals surface area contributed by atoms with Crippen LogP contribution in [0.25, 0.3) is 12.2 Å². The molecule has 1 heterocycles. The molecular formula is C15H15Cl3N2O2. The van der Waals surface area contributed by atoms with Crippen molar-refractivity contribution in [2.45, 2.75) is 30.2 Å². The zero-order chi connectivity index (χ0) is 16.4. The first-order valence-corrected chi connectivity index (χ1v) is 7.65. The zero-order valence-corrected chi connectivity index (χ0v) is 14.6. The van der Waals surface area contributed by atoms with Crippen LogP contribution < -0.4 is 4.74 Å². The highest BCUT2D eigenvalue weighted by Crippen LogP contribution is 2.37. The maximum absolute atomic E-state index is 5.75. The Labute approximate surface area is 144 Å². The summed E-state index contributed by atoms with van der Waals surface area (Å²) < 4.78 is 9.26. The van der Waals surface area contributed by atoms with Crippen molar-refractivity contribution in [1.82, 2.24) is 10.2 Å². The van der Waals surface area contributed by atoms with Crippen LogP contribution in [0.1, 0.15) is 38.1 Å². The molecule has 22 heavy (non-hydrogen) atoms. The van der Waals surface area contributed by atoms with E-state index in [2.05, 4.69) is 10.2 Å². The number of benzene rings is 1. The molecule has 0 N–H and O–H groups in total. The zero-order valence-electron chi connectivity index (χ0n) is 12.3. The fourth-order valence-corrected chi connectivity index (χ4v) is 1.81. The van der Waals surface area contributed by atoms with Gasteiger partial charge in [-0.05, 0) is 44.5 Å². The second-order valence-electron chi connectivity index (χ2n) is 5.56. The molecule has 1 aromatic carbocycles. The van der Waals surface area contributed by atoms with E-state index in [1.807, 2.05) is 51.1 Å². The Bertz CT molecular complexity index is 653. The van der Waals surface area contributed by atoms with E-state index >= 15 is 0 Å². The molecule has 118 valence electrons. The smallest absolute Gasteiger partial charge is 0.268 e. The van der Waals surface area contributed by atoms with Crippen molar-refractivity contribution < 1.29 is 9.15 Å². The van der Waals surface area contributed by atoms with E-state index in [4.69, 9.17) is 44.0 Å². The molecule has 0 spiro atoms. The van der Waals surface area contributed by atoms with Gasteiger partial charge in [-0.15, -0.1) is 10.2 Å². The van der Waals surface area contributed by atoms with Gasteiger partial charge in [0.2, 0.25) is 5.89 Å². The van der Waals surface area contributed by atoms with Gasteiger partial charge < -0.3 is 9.15 Å². The summed E-state index contributed by atoms with van der Waals surface area (Å²) in [6.45, 7) is 6.00. The van der Waals surface area contributed by atoms with E-state index in [0.29, 0.717) is 0 Å². The average Bonchev–Trinajstić information content (AvgIpc) is 2.85. The molecule has 0 atom stereocenters. The molecule has 7 heteroatoms. The number of halogens is 3. The molecule has 0 radical (unpaired) electrons. The average molecular weight is 362 g/mol. The number of alkyl halides is 3. The summed E-state index contributed by atoms with van der Waals surface area (Å²) >= 11 is 17.0. The lowest BCUT2D eigenvalue weighted by Gasteiger charge is -2.21. The number of nitrogens with zero attached hydrogens (tertiary/aromatic N) is 2. The van der Waals surface area contributed by atoms with Crippen LogP contribution in [0, 0.1) is 0 Å². The van der Waals surface area contributed by atoms with Crippen LogP contribution in [-0.4, -0.2) is 15.8 Å². The Morgan fingerprint density at radius 1 is 1.00 bits per heavy atom. The highest BCUT2D eigenvalue weighted by atomic mass is 35.6. The van der Waals surface area contributed by atoms with Gasteiger partial charge in [-0.25, -0.2) is 0 Å². The summed E-state index contributed by atoms with van der Waals surface area (Å²) in [7, 11) is 0. The van der Waals surface area contributed by atoms with Crippen molar-refractivity contribution in [3.05, 3.63) is 41.6 Å². The lowest BCUT2D eigenvalue weighted by molar-refractivity contribution is 0.131. The van der Waals surface area contributed by atoms with Gasteiger partial charge in [-0.2, -0.15) is 0 Å². The lowest BCUT2D eigenvalue weighted by Crippen LogP contribution is -2.22. The standard InChI is InChI=1S/C15H15Cl3N2O2/c1-14(2,3)22-11-7-4-10(5-8-11)6-9-12-19-20-13(21-12)15(16,17)18/h4-9H,1-3H3/b9-6-. The second kappa shape index (κ2) is 6.49. The minimum Gasteiger partial charge on any atom is -0.488 e. The first-order valence-electron chi connectivity index (χ1n) is 6.51. The molecule has 0 aliphatic rings. The molecule has 0 bridgehead atoms. The highest BCUT2D eigenvalue weighted by Gasteiger charge is 2.29. The predicted molar refractivity (Wildman–Crippen MR) is 89.3 cm³/mol. The van der Waals surface area contributed by atoms with Crippen LogP contribution in [-0.2, 0) is 3.79 Å². The second-order valence-corrected chi connectivity index (χ2v) is 7.84. The monoisotopic (exact) mass is 360 g/mol. The number of ether oxygens (including phenoxy) is 1. The normalized spacial score (nSPS) is 12.8. The van der Waals surface area contributed by atoms with Crippen molar-refractivity contribution in [3.63, 3.8) is 0 Å². The van der Waals surface area contributed by atoms with E-state index < -0.39 is 3.79 Å². The number of hydrogen-bond donors (Lipinski definition) is 0. The number of aromatic nitrogens is 2. The van der Waals surface area contributed by atoms with E-state index in [0.717, 1.165) is 11.3 Å². The summed E-state index contributed by atoms with van der Waals surface area (Å²) in [5.74, 6) is 1.00. The topological polar surface area (TPSA) is 48.2 Å². The van der Waals surface area contributed by atoms with Gasteiger partial charge in [0.05, 0.1) is 0 Å². The van der Waals surface area contributed by atoms with Crippen molar-refractivity contribution in [2.24, 2.45) is 0 Å². The van der Waals surface area contributed by atoms with Crippen molar-refractivity contribution in [1.29, 1.82) is 0 Å². The van der Waals surface area contributed by atoms with Crippen LogP contribution >= 0.6 is 34.8 Å². The maximum Gasteiger partial charge on any atom is 0.268 e. The van der Waals surface area contributed by atoms with Gasteiger partial charge in [0.25, 0.3) is 9.68 Å². The van der Waals surface area contributed by atoms with E-state index in [9.17, 15) is 0 Å². The number of rotatable bonds is 3. The van der Waals surface area contributed by atoms with E-state index in [-0.39, 0.29) is 17.4 Å². The molecule has 4 nitrogen and oxygen atoms in total. The lowest BCUT2D eigenvalue weighted by atomic mass is 10.1. The third kappa shape index (κ3) is 5.20. The third-order valence-corrected chi connectivity index (χ3v) is 2.89. The van der Waals surface area contributed by atoms with Crippen LogP contribution in [0.5, 0.6) is 5.75 Å². The van der Waals surface area contributed by atoms with Gasteiger partial charge in [0, 0.05) is 6.08 Å². The van der Waals surface area contributed by atoms with E-state index in [1.54, 1.807) is 6.08 Å². The molecule has 0 fully saturated rings. The SMILES string of the molecule is CC(C)(C)Oc1ccc(/C=C\c2nnc(C(Cl)(Cl)Cl)o2)cc1. The fraction of sp³-hybridized carbons (Fsp3) is 0.333. The molecule has 0 saturated carbocycles. The maximum atomic E-state index is 5.75. The van der Waals surface area contributed by atoms with Crippen molar-refractivity contribution in [2.75, 3.05) is 0 Å². The third-order valence-electron chi connectivity index (χ3n) is 2.41. The Morgan fingerprint density at radius 3 is 2.14 bits per heavy atom. The summed E-state index contributed by atoms with van der Waals surface area (Å²) in [5.41, 5.74) is 0.726. The molecule has 2 rings (SSSR count). The quantitative estimate of drug-likeness (QED) is 0.701. The Kier molecular flexibility index (Phi) is 5.05. The molecule has 0 aliphatic heterocycles. The molecule has 1 aromatic heterocycles. The Balaban J connectivity index is 2.06. The first kappa shape index (κ1) is 17.1. The summed E-state index contributed by atoms with van der Waals surface area (Å²) in [6, 6.07) is 7.63. The Morgan fingerprint density at radius 2 is 1.64 bits per heavy atom. The van der Waals surface area contributed by atoms with Gasteiger partial charge >= 0.3 is 0 Å². The highest BCUT2D eigenvalue weighted by molar-refractivity contribution is 6.66. The van der Waals surface area contributed by atoms with Gasteiger partial charge in [0.1, 0.15) is 11.4 Å². The molecule has 0 saturated heterocycles. The van der Waals surface area contributed by atoms with Gasteiger partial charge in [0.15, 0.2) is 0 Å². The van der Waals surface area contributed by atoms with Gasteiger partial charge in [-0.1, -0.05) is 46.9 Å². The van der Waals surface area contributed by atoms with Crippen LogP contribution in [0.2, 0.25) is 0 Å². The molecule has 0 amide bonds. The Hall–Kier alpha value is -1.23. The summed E-state index contributed by atoms with van der Waals surface area (Å²) in [6.07, 6.45) is 3.46. The molecule has 2 aromatic rings. The largest absolute Gasteiger partial charge is 0.488 e. The summed E-state index contributed by atoms with van der Waals surface area (Å²) in [4.78, 5) is 0. The fourth-order valence-electron chi connectivity index (χ4n) is 1.58. The predicted octanol–water partition coefficient (Wildman–Crippen LogP) is 5.24. The van der Waals surface area contributed by atoms with Crippen molar-refractivity contribution in [3.8, 4) is 5.75 Å². The van der Waals surface area contributed by atoms with Crippen LogP contribution in [0.3, 0.4) is 0 Å². The minimum absolute atomic E-state index is 0.0638. The van der Waals surface area contributed by atoms with Gasteiger partial charge in [-0.3, -0.25) is 0 Å². The van der Waals surface area contributed by atoms with Crippen molar-refractivity contribution >= 4 is 47.0 Å². The number of hydrogen-bond acceptors (Lipinski definition) is 4. The van der Waals surface area contributed by atoms with Crippen LogP contribution in [0.15, 0.2) is 28.7 Å². The minimum atomic E-state index is -1.72. The summed E-state index contributed by atoms with van der Waals surface area (Å²) in [5, 5.41) is 7.45. The van der Waals surface area contributed by atoms with E-state index in [1.165, 1.54) is 0 Å². The molecular weight excluding hydrogens is 347 g/mol. The first-order chi connectivity index (χ1) is 10.1.